The number of carbonyl (C=O) groups is 1. The van der Waals surface area contributed by atoms with Gasteiger partial charge in [0.05, 0.1) is 0 Å². The molecule has 1 aromatic rings. The molecule has 3 heteroatoms. The van der Waals surface area contributed by atoms with E-state index in [1.807, 2.05) is 6.07 Å². The molecule has 1 aromatic heterocycles. The summed E-state index contributed by atoms with van der Waals surface area (Å²) in [4.78, 5) is 14.5. The van der Waals surface area contributed by atoms with Crippen molar-refractivity contribution in [3.8, 4) is 0 Å². The summed E-state index contributed by atoms with van der Waals surface area (Å²) in [5.74, 6) is 0.619. The molecule has 0 aliphatic heterocycles. The van der Waals surface area contributed by atoms with Gasteiger partial charge in [-0.15, -0.1) is 0 Å². The number of anilines is 1. The Kier molecular flexibility index (Phi) is 2.21. The molecule has 0 unspecified atom stereocenters. The van der Waals surface area contributed by atoms with E-state index in [2.05, 4.69) is 4.98 Å². The zero-order valence-electron chi connectivity index (χ0n) is 6.37. The highest BCUT2D eigenvalue weighted by Gasteiger charge is 1.96. The Morgan fingerprint density at radius 2 is 2.36 bits per heavy atom. The van der Waals surface area contributed by atoms with Gasteiger partial charge in [0.1, 0.15) is 11.6 Å². The van der Waals surface area contributed by atoms with Gasteiger partial charge in [0.2, 0.25) is 0 Å². The maximum absolute atomic E-state index is 10.6. The predicted molar refractivity (Wildman–Crippen MR) is 43.0 cm³/mol. The minimum Gasteiger partial charge on any atom is -0.384 e. The number of ketones is 1. The molecular weight excluding hydrogens is 140 g/mol. The second-order valence-electron chi connectivity index (χ2n) is 2.47. The molecule has 0 spiro atoms. The number of hydrogen-bond donors (Lipinski definition) is 1. The molecule has 0 aromatic carbocycles. The van der Waals surface area contributed by atoms with E-state index in [0.29, 0.717) is 12.2 Å². The number of nitrogens with two attached hydrogens (primary N) is 1. The van der Waals surface area contributed by atoms with Crippen LogP contribution >= 0.6 is 0 Å². The number of aromatic nitrogens is 1. The van der Waals surface area contributed by atoms with Crippen molar-refractivity contribution >= 4 is 11.6 Å². The summed E-state index contributed by atoms with van der Waals surface area (Å²) in [6, 6.07) is 3.50. The van der Waals surface area contributed by atoms with Crippen LogP contribution in [-0.2, 0) is 11.2 Å². The first kappa shape index (κ1) is 7.72. The van der Waals surface area contributed by atoms with Crippen LogP contribution in [0.1, 0.15) is 12.5 Å². The fourth-order valence-electron chi connectivity index (χ4n) is 0.828. The van der Waals surface area contributed by atoms with Crippen molar-refractivity contribution in [1.82, 2.24) is 4.98 Å². The van der Waals surface area contributed by atoms with Gasteiger partial charge in [-0.2, -0.15) is 0 Å². The quantitative estimate of drug-likeness (QED) is 0.678. The molecule has 0 fully saturated rings. The average molecular weight is 150 g/mol. The number of pyridine rings is 1. The third-order valence-corrected chi connectivity index (χ3v) is 1.30. The first-order chi connectivity index (χ1) is 5.18. The molecule has 11 heavy (non-hydrogen) atoms. The van der Waals surface area contributed by atoms with Crippen LogP contribution in [0.2, 0.25) is 0 Å². The van der Waals surface area contributed by atoms with Crippen LogP contribution in [0.15, 0.2) is 18.3 Å². The van der Waals surface area contributed by atoms with Gasteiger partial charge in [0, 0.05) is 12.6 Å². The Balaban J connectivity index is 2.74. The van der Waals surface area contributed by atoms with Crippen molar-refractivity contribution < 1.29 is 4.79 Å². The topological polar surface area (TPSA) is 56.0 Å². The maximum atomic E-state index is 10.6. The van der Waals surface area contributed by atoms with E-state index < -0.39 is 0 Å². The van der Waals surface area contributed by atoms with E-state index in [-0.39, 0.29) is 5.78 Å². The Hall–Kier alpha value is -1.38. The Labute approximate surface area is 65.2 Å². The molecule has 0 aliphatic rings. The molecule has 2 N–H and O–H groups in total. The van der Waals surface area contributed by atoms with Crippen molar-refractivity contribution in [2.24, 2.45) is 0 Å². The molecule has 0 amide bonds. The first-order valence-corrected chi connectivity index (χ1v) is 3.38. The van der Waals surface area contributed by atoms with E-state index >= 15 is 0 Å². The van der Waals surface area contributed by atoms with Crippen LogP contribution in [0.3, 0.4) is 0 Å². The van der Waals surface area contributed by atoms with Crippen molar-refractivity contribution in [2.75, 3.05) is 5.73 Å². The summed E-state index contributed by atoms with van der Waals surface area (Å²) < 4.78 is 0. The van der Waals surface area contributed by atoms with E-state index in [9.17, 15) is 4.79 Å². The van der Waals surface area contributed by atoms with E-state index in [0.717, 1.165) is 5.56 Å². The molecule has 1 heterocycles. The monoisotopic (exact) mass is 150 g/mol. The average Bonchev–Trinajstić information content (AvgIpc) is 1.93. The van der Waals surface area contributed by atoms with Crippen LogP contribution in [0.4, 0.5) is 5.82 Å². The summed E-state index contributed by atoms with van der Waals surface area (Å²) in [5.41, 5.74) is 6.27. The summed E-state index contributed by atoms with van der Waals surface area (Å²) in [6.07, 6.45) is 2.06. The summed E-state index contributed by atoms with van der Waals surface area (Å²) in [5, 5.41) is 0. The number of hydrogen-bond acceptors (Lipinski definition) is 3. The van der Waals surface area contributed by atoms with Crippen molar-refractivity contribution in [1.29, 1.82) is 0 Å². The van der Waals surface area contributed by atoms with Crippen LogP contribution in [0.25, 0.3) is 0 Å². The van der Waals surface area contributed by atoms with E-state index in [1.165, 1.54) is 0 Å². The summed E-state index contributed by atoms with van der Waals surface area (Å²) in [7, 11) is 0. The lowest BCUT2D eigenvalue weighted by Gasteiger charge is -1.96. The molecule has 0 saturated carbocycles. The van der Waals surface area contributed by atoms with Gasteiger partial charge < -0.3 is 5.73 Å². The van der Waals surface area contributed by atoms with E-state index in [1.54, 1.807) is 19.2 Å². The maximum Gasteiger partial charge on any atom is 0.134 e. The van der Waals surface area contributed by atoms with Crippen molar-refractivity contribution in [2.45, 2.75) is 13.3 Å². The SMILES string of the molecule is CC(=O)Cc1ccc(N)nc1. The van der Waals surface area contributed by atoms with Crippen LogP contribution in [0, 0.1) is 0 Å². The van der Waals surface area contributed by atoms with E-state index in [4.69, 9.17) is 5.73 Å². The lowest BCUT2D eigenvalue weighted by molar-refractivity contribution is -0.116. The zero-order chi connectivity index (χ0) is 8.27. The number of rotatable bonds is 2. The highest BCUT2D eigenvalue weighted by Crippen LogP contribution is 2.01. The second-order valence-corrected chi connectivity index (χ2v) is 2.47. The fraction of sp³-hybridized carbons (Fsp3) is 0.250. The molecule has 0 saturated heterocycles. The largest absolute Gasteiger partial charge is 0.384 e. The normalized spacial score (nSPS) is 9.55. The second kappa shape index (κ2) is 3.14. The highest BCUT2D eigenvalue weighted by molar-refractivity contribution is 5.78. The number of Topliss-reactive ketones (excluding diaryl/α,β-unsaturated/α-hetero) is 1. The summed E-state index contributed by atoms with van der Waals surface area (Å²) >= 11 is 0. The van der Waals surface area contributed by atoms with Crippen LogP contribution in [-0.4, -0.2) is 10.8 Å². The Morgan fingerprint density at radius 3 is 2.82 bits per heavy atom. The highest BCUT2D eigenvalue weighted by atomic mass is 16.1. The fourth-order valence-corrected chi connectivity index (χ4v) is 0.828. The van der Waals surface area contributed by atoms with Crippen LogP contribution in [0.5, 0.6) is 0 Å². The predicted octanol–water partition coefficient (Wildman–Crippen LogP) is 0.795. The molecule has 0 atom stereocenters. The van der Waals surface area contributed by atoms with Gasteiger partial charge in [0.25, 0.3) is 0 Å². The number of nitrogens with zero attached hydrogens (tertiary/aromatic N) is 1. The summed E-state index contributed by atoms with van der Waals surface area (Å²) in [6.45, 7) is 1.55. The molecule has 0 bridgehead atoms. The van der Waals surface area contributed by atoms with Gasteiger partial charge in [-0.3, -0.25) is 4.79 Å². The van der Waals surface area contributed by atoms with Crippen molar-refractivity contribution in [3.63, 3.8) is 0 Å². The Bertz CT molecular complexity index is 253. The number of nitrogen functional groups attached to an aromatic ring is 1. The first-order valence-electron chi connectivity index (χ1n) is 3.38. The Morgan fingerprint density at radius 1 is 1.64 bits per heavy atom. The van der Waals surface area contributed by atoms with Crippen molar-refractivity contribution in [3.05, 3.63) is 23.9 Å². The third-order valence-electron chi connectivity index (χ3n) is 1.30. The minimum atomic E-state index is 0.136. The molecule has 0 radical (unpaired) electrons. The zero-order valence-corrected chi connectivity index (χ0v) is 6.37. The standard InChI is InChI=1S/C8H10N2O/c1-6(11)4-7-2-3-8(9)10-5-7/h2-3,5H,4H2,1H3,(H2,9,10). The smallest absolute Gasteiger partial charge is 0.134 e. The van der Waals surface area contributed by atoms with Gasteiger partial charge in [-0.25, -0.2) is 4.98 Å². The molecule has 3 nitrogen and oxygen atoms in total. The number of carbonyl (C=O) groups excluding carboxylic acids is 1. The van der Waals surface area contributed by atoms with Crippen LogP contribution < -0.4 is 5.73 Å². The van der Waals surface area contributed by atoms with Gasteiger partial charge in [-0.05, 0) is 18.6 Å². The van der Waals surface area contributed by atoms with Gasteiger partial charge in [0.15, 0.2) is 0 Å². The molecule has 0 aliphatic carbocycles. The lowest BCUT2D eigenvalue weighted by Crippen LogP contribution is -1.97. The lowest BCUT2D eigenvalue weighted by atomic mass is 10.1. The third kappa shape index (κ3) is 2.37. The van der Waals surface area contributed by atoms with Gasteiger partial charge in [-0.1, -0.05) is 6.07 Å². The minimum absolute atomic E-state index is 0.136. The molecule has 58 valence electrons. The van der Waals surface area contributed by atoms with Gasteiger partial charge >= 0.3 is 0 Å². The molecular formula is C8H10N2O. The molecule has 1 rings (SSSR count).